The van der Waals surface area contributed by atoms with Crippen molar-refractivity contribution < 1.29 is 23.4 Å². The molecule has 31 heavy (non-hydrogen) atoms. The molecule has 2 aliphatic rings. The van der Waals surface area contributed by atoms with Crippen molar-refractivity contribution in [2.75, 3.05) is 0 Å². The first-order valence-electron chi connectivity index (χ1n) is 10.6. The number of fused-ring (bicyclic) bond motifs is 1. The van der Waals surface area contributed by atoms with Gasteiger partial charge in [0.1, 0.15) is 31.0 Å². The van der Waals surface area contributed by atoms with Crippen LogP contribution in [-0.2, 0) is 13.2 Å². The molecule has 0 atom stereocenters. The minimum absolute atomic E-state index is 0.124. The fourth-order valence-corrected chi connectivity index (χ4v) is 3.97. The van der Waals surface area contributed by atoms with Gasteiger partial charge >= 0.3 is 0 Å². The number of rotatable bonds is 6. The van der Waals surface area contributed by atoms with E-state index in [-0.39, 0.29) is 17.8 Å². The average Bonchev–Trinajstić information content (AvgIpc) is 3.14. The number of benzene rings is 2. The van der Waals surface area contributed by atoms with E-state index in [0.29, 0.717) is 23.9 Å². The average molecular weight is 420 g/mol. The maximum Gasteiger partial charge on any atom is 0.251 e. The summed E-state index contributed by atoms with van der Waals surface area (Å²) in [5.41, 5.74) is 0.734. The molecule has 5 rings (SSSR count). The monoisotopic (exact) mass is 420 g/mol. The van der Waals surface area contributed by atoms with Crippen LogP contribution in [0.25, 0.3) is 0 Å². The Bertz CT molecular complexity index is 1100. The van der Waals surface area contributed by atoms with Crippen LogP contribution in [0, 0.1) is 0 Å². The predicted molar refractivity (Wildman–Crippen MR) is 114 cm³/mol. The molecule has 2 aromatic carbocycles. The third-order valence-electron chi connectivity index (χ3n) is 5.59. The molecule has 1 saturated carbocycles. The molecule has 1 aromatic heterocycles. The molecule has 0 amide bonds. The lowest BCUT2D eigenvalue weighted by Crippen LogP contribution is -2.40. The van der Waals surface area contributed by atoms with Gasteiger partial charge in [0.15, 0.2) is 11.5 Å². The highest BCUT2D eigenvalue weighted by Crippen LogP contribution is 2.46. The Balaban J connectivity index is 1.19. The molecule has 1 spiro atoms. The van der Waals surface area contributed by atoms with Gasteiger partial charge in [-0.2, -0.15) is 0 Å². The maximum atomic E-state index is 12.3. The summed E-state index contributed by atoms with van der Waals surface area (Å²) in [6, 6.07) is 16.6. The molecule has 160 valence electrons. The van der Waals surface area contributed by atoms with Gasteiger partial charge in [-0.1, -0.05) is 36.8 Å². The topological polar surface area (TPSA) is 67.1 Å². The van der Waals surface area contributed by atoms with Crippen molar-refractivity contribution in [1.29, 1.82) is 0 Å². The van der Waals surface area contributed by atoms with Gasteiger partial charge in [0.25, 0.3) is 5.79 Å². The van der Waals surface area contributed by atoms with E-state index in [9.17, 15) is 4.79 Å². The lowest BCUT2D eigenvalue weighted by Gasteiger charge is -2.31. The van der Waals surface area contributed by atoms with Crippen LogP contribution in [0.5, 0.6) is 23.0 Å². The van der Waals surface area contributed by atoms with Gasteiger partial charge in [-0.3, -0.25) is 4.79 Å². The fourth-order valence-electron chi connectivity index (χ4n) is 3.97. The molecule has 2 heterocycles. The highest BCUT2D eigenvalue weighted by molar-refractivity contribution is 5.48. The van der Waals surface area contributed by atoms with E-state index in [0.717, 1.165) is 37.0 Å². The number of ether oxygens (including phenoxy) is 4. The standard InChI is InChI=1S/C25H24O6/c26-21-13-20(28-17-24(21)29-15-18-7-3-1-4-8-18)16-27-19-9-10-22-23(14-19)31-25(30-22)11-5-2-6-12-25/h1,3-4,7-10,13-14,17H,2,5-6,11-12,15-16H2. The smallest absolute Gasteiger partial charge is 0.251 e. The molecule has 0 radical (unpaired) electrons. The quantitative estimate of drug-likeness (QED) is 0.544. The Kier molecular flexibility index (Phi) is 5.28. The lowest BCUT2D eigenvalue weighted by atomic mass is 9.94. The van der Waals surface area contributed by atoms with Gasteiger partial charge < -0.3 is 23.4 Å². The fraction of sp³-hybridized carbons (Fsp3) is 0.320. The van der Waals surface area contributed by atoms with Crippen molar-refractivity contribution in [1.82, 2.24) is 0 Å². The molecule has 1 fully saturated rings. The van der Waals surface area contributed by atoms with Crippen molar-refractivity contribution in [3.05, 3.63) is 82.4 Å². The molecule has 1 aliphatic heterocycles. The first kappa shape index (κ1) is 19.5. The maximum absolute atomic E-state index is 12.3. The van der Waals surface area contributed by atoms with Crippen LogP contribution in [0.15, 0.2) is 70.1 Å². The Hall–Kier alpha value is -3.41. The zero-order chi connectivity index (χ0) is 21.1. The van der Waals surface area contributed by atoms with Crippen LogP contribution in [0.3, 0.4) is 0 Å². The third-order valence-corrected chi connectivity index (χ3v) is 5.59. The second-order valence-electron chi connectivity index (χ2n) is 7.92. The van der Waals surface area contributed by atoms with Crippen LogP contribution in [0.2, 0.25) is 0 Å². The molecule has 0 bridgehead atoms. The Labute approximate surface area is 180 Å². The molecule has 0 N–H and O–H groups in total. The van der Waals surface area contributed by atoms with Gasteiger partial charge in [-0.05, 0) is 30.5 Å². The highest BCUT2D eigenvalue weighted by Gasteiger charge is 2.42. The van der Waals surface area contributed by atoms with Gasteiger partial charge in [0, 0.05) is 25.0 Å². The summed E-state index contributed by atoms with van der Waals surface area (Å²) in [4.78, 5) is 12.3. The van der Waals surface area contributed by atoms with Crippen LogP contribution in [0.4, 0.5) is 0 Å². The third kappa shape index (κ3) is 4.38. The summed E-state index contributed by atoms with van der Waals surface area (Å²) in [5.74, 6) is 2.15. The Morgan fingerprint density at radius 2 is 1.65 bits per heavy atom. The van der Waals surface area contributed by atoms with Crippen molar-refractivity contribution >= 4 is 0 Å². The van der Waals surface area contributed by atoms with E-state index >= 15 is 0 Å². The Morgan fingerprint density at radius 3 is 2.45 bits per heavy atom. The first-order valence-corrected chi connectivity index (χ1v) is 10.6. The van der Waals surface area contributed by atoms with E-state index in [4.69, 9.17) is 23.4 Å². The van der Waals surface area contributed by atoms with E-state index in [1.807, 2.05) is 48.5 Å². The molecule has 1 aliphatic carbocycles. The summed E-state index contributed by atoms with van der Waals surface area (Å²) in [6.07, 6.45) is 6.59. The summed E-state index contributed by atoms with van der Waals surface area (Å²) >= 11 is 0. The SMILES string of the molecule is O=c1cc(COc2ccc3c(c2)OC2(CCCCC2)O3)occ1OCc1ccccc1. The highest BCUT2D eigenvalue weighted by atomic mass is 16.7. The lowest BCUT2D eigenvalue weighted by molar-refractivity contribution is -0.105. The van der Waals surface area contributed by atoms with Gasteiger partial charge in [0.2, 0.25) is 11.2 Å². The van der Waals surface area contributed by atoms with E-state index < -0.39 is 5.79 Å². The second kappa shape index (κ2) is 8.38. The molecular weight excluding hydrogens is 396 g/mol. The van der Waals surface area contributed by atoms with Gasteiger partial charge in [-0.25, -0.2) is 0 Å². The summed E-state index contributed by atoms with van der Waals surface area (Å²) in [5, 5.41) is 0. The minimum atomic E-state index is -0.512. The minimum Gasteiger partial charge on any atom is -0.486 e. The van der Waals surface area contributed by atoms with Crippen molar-refractivity contribution in [3.63, 3.8) is 0 Å². The second-order valence-corrected chi connectivity index (χ2v) is 7.92. The van der Waals surface area contributed by atoms with Gasteiger partial charge in [-0.15, -0.1) is 0 Å². The van der Waals surface area contributed by atoms with E-state index in [1.54, 1.807) is 0 Å². The molecule has 0 saturated heterocycles. The molecule has 6 nitrogen and oxygen atoms in total. The summed E-state index contributed by atoms with van der Waals surface area (Å²) in [7, 11) is 0. The van der Waals surface area contributed by atoms with E-state index in [1.165, 1.54) is 18.8 Å². The predicted octanol–water partition coefficient (Wildman–Crippen LogP) is 5.23. The molecule has 6 heteroatoms. The van der Waals surface area contributed by atoms with E-state index in [2.05, 4.69) is 0 Å². The van der Waals surface area contributed by atoms with Crippen LogP contribution in [-0.4, -0.2) is 5.79 Å². The largest absolute Gasteiger partial charge is 0.486 e. The van der Waals surface area contributed by atoms with Crippen molar-refractivity contribution in [2.24, 2.45) is 0 Å². The van der Waals surface area contributed by atoms with Crippen LogP contribution >= 0.6 is 0 Å². The van der Waals surface area contributed by atoms with Crippen LogP contribution < -0.4 is 24.4 Å². The summed E-state index contributed by atoms with van der Waals surface area (Å²) < 4.78 is 29.1. The van der Waals surface area contributed by atoms with Crippen molar-refractivity contribution in [2.45, 2.75) is 51.1 Å². The normalized spacial score (nSPS) is 16.3. The first-order chi connectivity index (χ1) is 15.2. The zero-order valence-corrected chi connectivity index (χ0v) is 17.2. The zero-order valence-electron chi connectivity index (χ0n) is 17.2. The molecule has 0 unspecified atom stereocenters. The molecular formula is C25H24O6. The van der Waals surface area contributed by atoms with Crippen LogP contribution in [0.1, 0.15) is 43.4 Å². The molecule has 3 aromatic rings. The Morgan fingerprint density at radius 1 is 0.839 bits per heavy atom. The number of hydrogen-bond donors (Lipinski definition) is 0. The number of hydrogen-bond acceptors (Lipinski definition) is 6. The summed E-state index contributed by atoms with van der Waals surface area (Å²) in [6.45, 7) is 0.430. The van der Waals surface area contributed by atoms with Crippen molar-refractivity contribution in [3.8, 4) is 23.0 Å². The van der Waals surface area contributed by atoms with Gasteiger partial charge in [0.05, 0.1) is 0 Å².